The van der Waals surface area contributed by atoms with E-state index in [2.05, 4.69) is 0 Å². The highest BCUT2D eigenvalue weighted by Crippen LogP contribution is 2.37. The van der Waals surface area contributed by atoms with E-state index in [9.17, 15) is 26.7 Å². The minimum Gasteiger partial charge on any atom is -0.325 e. The highest BCUT2D eigenvalue weighted by molar-refractivity contribution is 5.33. The van der Waals surface area contributed by atoms with E-state index in [4.69, 9.17) is 5.73 Å². The Bertz CT molecular complexity index is 437. The van der Waals surface area contributed by atoms with Crippen LogP contribution in [0.25, 0.3) is 0 Å². The molecule has 16 heavy (non-hydrogen) atoms. The summed E-state index contributed by atoms with van der Waals surface area (Å²) in [6.45, 7) is -0.676. The molecule has 8 heteroatoms. The van der Waals surface area contributed by atoms with Gasteiger partial charge in [0.05, 0.1) is 5.56 Å². The quantitative estimate of drug-likeness (QED) is 0.777. The summed E-state index contributed by atoms with van der Waals surface area (Å²) in [5, 5.41) is 0. The zero-order valence-corrected chi connectivity index (χ0v) is 7.74. The topological polar surface area (TPSA) is 58.9 Å². The number of H-pyrrole nitrogens is 1. The van der Waals surface area contributed by atoms with Crippen molar-refractivity contribution in [2.24, 2.45) is 5.73 Å². The molecule has 0 fully saturated rings. The molecule has 0 aliphatic carbocycles. The van der Waals surface area contributed by atoms with Gasteiger partial charge in [0.1, 0.15) is 0 Å². The van der Waals surface area contributed by atoms with Gasteiger partial charge in [-0.2, -0.15) is 13.2 Å². The second-order valence-corrected chi connectivity index (χ2v) is 2.95. The third kappa shape index (κ3) is 2.38. The summed E-state index contributed by atoms with van der Waals surface area (Å²) in [7, 11) is 0. The number of nitrogens with two attached hydrogens (primary N) is 1. The van der Waals surface area contributed by atoms with Gasteiger partial charge in [0.2, 0.25) is 5.56 Å². The van der Waals surface area contributed by atoms with Crippen molar-refractivity contribution in [3.8, 4) is 0 Å². The maximum absolute atomic E-state index is 12.5. The van der Waals surface area contributed by atoms with Crippen molar-refractivity contribution in [1.82, 2.24) is 4.98 Å². The van der Waals surface area contributed by atoms with Gasteiger partial charge in [-0.1, -0.05) is 0 Å². The first-order valence-corrected chi connectivity index (χ1v) is 4.09. The minimum absolute atomic E-state index is 0.229. The number of hydrogen-bond donors (Lipinski definition) is 2. The summed E-state index contributed by atoms with van der Waals surface area (Å²) < 4.78 is 62.2. The zero-order valence-electron chi connectivity index (χ0n) is 7.74. The number of hydrogen-bond acceptors (Lipinski definition) is 2. The van der Waals surface area contributed by atoms with Crippen LogP contribution in [0.2, 0.25) is 0 Å². The molecule has 0 unspecified atom stereocenters. The van der Waals surface area contributed by atoms with Crippen LogP contribution in [0.5, 0.6) is 0 Å². The normalized spacial score (nSPS) is 12.2. The maximum Gasteiger partial charge on any atom is 0.418 e. The van der Waals surface area contributed by atoms with Crippen LogP contribution in [0, 0.1) is 0 Å². The number of alkyl halides is 5. The fraction of sp³-hybridized carbons (Fsp3) is 0.375. The van der Waals surface area contributed by atoms with Crippen molar-refractivity contribution in [1.29, 1.82) is 0 Å². The second-order valence-electron chi connectivity index (χ2n) is 2.95. The van der Waals surface area contributed by atoms with Crippen molar-refractivity contribution in [2.75, 3.05) is 0 Å². The Labute approximate surface area is 86.1 Å². The van der Waals surface area contributed by atoms with Gasteiger partial charge in [0.25, 0.3) is 6.43 Å². The summed E-state index contributed by atoms with van der Waals surface area (Å²) in [6, 6.07) is 0.229. The molecule has 0 radical (unpaired) electrons. The van der Waals surface area contributed by atoms with Crippen LogP contribution in [0.1, 0.15) is 23.2 Å². The zero-order chi connectivity index (χ0) is 12.5. The average Bonchev–Trinajstić information content (AvgIpc) is 2.14. The lowest BCUT2D eigenvalue weighted by atomic mass is 10.1. The molecule has 0 amide bonds. The van der Waals surface area contributed by atoms with Crippen molar-refractivity contribution >= 4 is 0 Å². The highest BCUT2D eigenvalue weighted by Gasteiger charge is 2.38. The van der Waals surface area contributed by atoms with Crippen molar-refractivity contribution in [2.45, 2.75) is 19.1 Å². The first kappa shape index (κ1) is 12.6. The molecule has 0 aromatic carbocycles. The van der Waals surface area contributed by atoms with Gasteiger partial charge >= 0.3 is 6.18 Å². The summed E-state index contributed by atoms with van der Waals surface area (Å²) in [5.41, 5.74) is 0.276. The Hall–Kier alpha value is -1.44. The van der Waals surface area contributed by atoms with Crippen molar-refractivity contribution in [3.63, 3.8) is 0 Å². The smallest absolute Gasteiger partial charge is 0.325 e. The molecule has 0 saturated carbocycles. The maximum atomic E-state index is 12.5. The van der Waals surface area contributed by atoms with Gasteiger partial charge in [-0.05, 0) is 0 Å². The van der Waals surface area contributed by atoms with Gasteiger partial charge in [0, 0.05) is 23.9 Å². The molecule has 0 saturated heterocycles. The summed E-state index contributed by atoms with van der Waals surface area (Å²) in [5.74, 6) is 0. The van der Waals surface area contributed by atoms with Crippen LogP contribution in [-0.4, -0.2) is 4.98 Å². The Morgan fingerprint density at radius 1 is 1.38 bits per heavy atom. The Balaban J connectivity index is 3.58. The van der Waals surface area contributed by atoms with Crippen molar-refractivity contribution < 1.29 is 22.0 Å². The predicted molar refractivity (Wildman–Crippen MR) is 44.9 cm³/mol. The van der Waals surface area contributed by atoms with E-state index in [1.807, 2.05) is 0 Å². The molecular weight excluding hydrogens is 235 g/mol. The fourth-order valence-electron chi connectivity index (χ4n) is 1.29. The highest BCUT2D eigenvalue weighted by atomic mass is 19.4. The average molecular weight is 242 g/mol. The van der Waals surface area contributed by atoms with Crippen LogP contribution in [0.3, 0.4) is 0 Å². The molecule has 0 spiro atoms. The molecule has 0 atom stereocenters. The molecular formula is C8H7F5N2O. The number of halogens is 5. The Morgan fingerprint density at radius 2 is 1.94 bits per heavy atom. The van der Waals surface area contributed by atoms with Crippen LogP contribution in [0.4, 0.5) is 22.0 Å². The molecule has 1 rings (SSSR count). The number of rotatable bonds is 2. The molecule has 90 valence electrons. The third-order valence-electron chi connectivity index (χ3n) is 1.87. The standard InChI is InChI=1S/C8H7F5N2O/c9-7(10)3-1-5(16)15-4(2-14)6(3)8(11,12)13/h1,7H,2,14H2,(H,15,16). The van der Waals surface area contributed by atoms with E-state index in [1.54, 1.807) is 4.98 Å². The molecule has 0 aliphatic heterocycles. The summed E-state index contributed by atoms with van der Waals surface area (Å²) in [6.07, 6.45) is -8.37. The third-order valence-corrected chi connectivity index (χ3v) is 1.87. The summed E-state index contributed by atoms with van der Waals surface area (Å²) >= 11 is 0. The largest absolute Gasteiger partial charge is 0.418 e. The van der Waals surface area contributed by atoms with Gasteiger partial charge in [-0.15, -0.1) is 0 Å². The van der Waals surface area contributed by atoms with E-state index in [0.717, 1.165) is 0 Å². The van der Waals surface area contributed by atoms with Crippen LogP contribution >= 0.6 is 0 Å². The van der Waals surface area contributed by atoms with Gasteiger partial charge in [0.15, 0.2) is 0 Å². The van der Waals surface area contributed by atoms with E-state index in [1.165, 1.54) is 0 Å². The fourth-order valence-corrected chi connectivity index (χ4v) is 1.29. The number of nitrogens with one attached hydrogen (secondary N) is 1. The number of aromatic amines is 1. The van der Waals surface area contributed by atoms with Crippen molar-refractivity contribution in [3.05, 3.63) is 33.2 Å². The lowest BCUT2D eigenvalue weighted by Gasteiger charge is -2.15. The summed E-state index contributed by atoms with van der Waals surface area (Å²) in [4.78, 5) is 12.6. The Morgan fingerprint density at radius 3 is 2.31 bits per heavy atom. The molecule has 3 N–H and O–H groups in total. The van der Waals surface area contributed by atoms with E-state index in [0.29, 0.717) is 0 Å². The number of pyridine rings is 1. The Kier molecular flexibility index (Phi) is 3.32. The SMILES string of the molecule is NCc1[nH]c(=O)cc(C(F)F)c1C(F)(F)F. The molecule has 1 heterocycles. The predicted octanol–water partition coefficient (Wildman–Crippen LogP) is 1.79. The molecule has 0 bridgehead atoms. The first-order chi connectivity index (χ1) is 7.27. The van der Waals surface area contributed by atoms with E-state index in [-0.39, 0.29) is 6.07 Å². The molecule has 3 nitrogen and oxygen atoms in total. The van der Waals surface area contributed by atoms with E-state index < -0.39 is 41.5 Å². The molecule has 1 aromatic heterocycles. The van der Waals surface area contributed by atoms with Gasteiger partial charge in [-0.3, -0.25) is 4.79 Å². The first-order valence-electron chi connectivity index (χ1n) is 4.09. The lowest BCUT2D eigenvalue weighted by molar-refractivity contribution is -0.140. The van der Waals surface area contributed by atoms with Crippen LogP contribution in [-0.2, 0) is 12.7 Å². The van der Waals surface area contributed by atoms with E-state index >= 15 is 0 Å². The molecule has 1 aromatic rings. The number of aromatic nitrogens is 1. The minimum atomic E-state index is -4.98. The van der Waals surface area contributed by atoms with Crippen LogP contribution < -0.4 is 11.3 Å². The second kappa shape index (κ2) is 4.20. The van der Waals surface area contributed by atoms with Gasteiger partial charge in [-0.25, -0.2) is 8.78 Å². The monoisotopic (exact) mass is 242 g/mol. The molecule has 0 aliphatic rings. The van der Waals surface area contributed by atoms with Gasteiger partial charge < -0.3 is 10.7 Å². The lowest BCUT2D eigenvalue weighted by Crippen LogP contribution is -2.22. The van der Waals surface area contributed by atoms with Crippen LogP contribution in [0.15, 0.2) is 10.9 Å².